The van der Waals surface area contributed by atoms with Gasteiger partial charge in [0.2, 0.25) is 5.91 Å². The van der Waals surface area contributed by atoms with E-state index in [1.165, 1.54) is 5.56 Å². The number of hydrogen-bond acceptors (Lipinski definition) is 4. The number of benzene rings is 2. The molecule has 0 aliphatic carbocycles. The maximum Gasteiger partial charge on any atom is 0.227 e. The number of carbonyl (C=O) groups excluding carboxylic acids is 1. The molecule has 1 N–H and O–H groups in total. The standard InChI is InChI=1S/C25H27N3O2/c1-25(24(29)27-17-21-9-5-6-14-26-21)13-15-28(19-25)18-20-8-7-12-23(16-20)30-22-10-3-2-4-11-22/h2-12,14,16H,13,15,17-19H2,1H3,(H,27,29)/t25-/m0/s1. The molecule has 0 spiro atoms. The van der Waals surface area contributed by atoms with E-state index in [1.54, 1.807) is 6.20 Å². The Morgan fingerprint density at radius 1 is 1.07 bits per heavy atom. The number of ether oxygens (including phenoxy) is 1. The van der Waals surface area contributed by atoms with E-state index in [1.807, 2.05) is 60.7 Å². The number of amides is 1. The molecule has 30 heavy (non-hydrogen) atoms. The Labute approximate surface area is 177 Å². The van der Waals surface area contributed by atoms with Crippen LogP contribution in [0.15, 0.2) is 79.0 Å². The first-order valence-corrected chi connectivity index (χ1v) is 10.3. The predicted octanol–water partition coefficient (Wildman–Crippen LogP) is 4.40. The molecule has 0 saturated carbocycles. The summed E-state index contributed by atoms with van der Waals surface area (Å²) in [5.74, 6) is 1.75. The van der Waals surface area contributed by atoms with E-state index >= 15 is 0 Å². The van der Waals surface area contributed by atoms with Crippen molar-refractivity contribution in [3.8, 4) is 11.5 Å². The summed E-state index contributed by atoms with van der Waals surface area (Å²) in [4.78, 5) is 19.4. The van der Waals surface area contributed by atoms with Crippen LogP contribution >= 0.6 is 0 Å². The molecule has 1 fully saturated rings. The van der Waals surface area contributed by atoms with E-state index < -0.39 is 0 Å². The van der Waals surface area contributed by atoms with Gasteiger partial charge in [-0.15, -0.1) is 0 Å². The van der Waals surface area contributed by atoms with Gasteiger partial charge >= 0.3 is 0 Å². The lowest BCUT2D eigenvalue weighted by atomic mass is 9.88. The molecule has 1 atom stereocenters. The van der Waals surface area contributed by atoms with Crippen LogP contribution in [0.3, 0.4) is 0 Å². The lowest BCUT2D eigenvalue weighted by Gasteiger charge is -2.24. The van der Waals surface area contributed by atoms with E-state index in [2.05, 4.69) is 34.3 Å². The summed E-state index contributed by atoms with van der Waals surface area (Å²) >= 11 is 0. The summed E-state index contributed by atoms with van der Waals surface area (Å²) < 4.78 is 5.95. The van der Waals surface area contributed by atoms with Gasteiger partial charge in [0.25, 0.3) is 0 Å². The van der Waals surface area contributed by atoms with E-state index in [-0.39, 0.29) is 11.3 Å². The van der Waals surface area contributed by atoms with Crippen LogP contribution in [0.25, 0.3) is 0 Å². The van der Waals surface area contributed by atoms with E-state index in [0.717, 1.165) is 43.2 Å². The summed E-state index contributed by atoms with van der Waals surface area (Å²) in [5, 5.41) is 3.05. The lowest BCUT2D eigenvalue weighted by molar-refractivity contribution is -0.129. The number of nitrogens with one attached hydrogen (secondary N) is 1. The second-order valence-electron chi connectivity index (χ2n) is 8.09. The molecule has 2 aromatic carbocycles. The van der Waals surface area contributed by atoms with Crippen LogP contribution in [0, 0.1) is 5.41 Å². The highest BCUT2D eigenvalue weighted by molar-refractivity contribution is 5.82. The van der Waals surface area contributed by atoms with Crippen LogP contribution in [0.2, 0.25) is 0 Å². The van der Waals surface area contributed by atoms with Crippen molar-refractivity contribution in [3.05, 3.63) is 90.3 Å². The second kappa shape index (κ2) is 9.09. The largest absolute Gasteiger partial charge is 0.457 e. The molecule has 0 unspecified atom stereocenters. The van der Waals surface area contributed by atoms with E-state index in [9.17, 15) is 4.79 Å². The van der Waals surface area contributed by atoms with Crippen LogP contribution in [0.5, 0.6) is 11.5 Å². The fourth-order valence-corrected chi connectivity index (χ4v) is 3.85. The molecule has 1 aliphatic heterocycles. The third-order valence-electron chi connectivity index (χ3n) is 5.54. The Hall–Kier alpha value is -3.18. The first kappa shape index (κ1) is 20.1. The minimum absolute atomic E-state index is 0.0943. The first-order chi connectivity index (χ1) is 14.6. The molecule has 1 saturated heterocycles. The Balaban J connectivity index is 1.33. The number of rotatable bonds is 7. The van der Waals surface area contributed by atoms with Gasteiger partial charge < -0.3 is 10.1 Å². The molecule has 0 radical (unpaired) electrons. The summed E-state index contributed by atoms with van der Waals surface area (Å²) in [6.07, 6.45) is 2.59. The number of hydrogen-bond donors (Lipinski definition) is 1. The molecule has 154 valence electrons. The maximum absolute atomic E-state index is 12.8. The molecular formula is C25H27N3O2. The number of aromatic nitrogens is 1. The minimum Gasteiger partial charge on any atom is -0.457 e. The zero-order chi connectivity index (χ0) is 20.8. The van der Waals surface area contributed by atoms with E-state index in [4.69, 9.17) is 4.74 Å². The zero-order valence-electron chi connectivity index (χ0n) is 17.3. The summed E-state index contributed by atoms with van der Waals surface area (Å²) in [6.45, 7) is 4.96. The van der Waals surface area contributed by atoms with Gasteiger partial charge in [-0.1, -0.05) is 36.4 Å². The maximum atomic E-state index is 12.8. The van der Waals surface area contributed by atoms with Crippen molar-refractivity contribution in [1.29, 1.82) is 0 Å². The van der Waals surface area contributed by atoms with E-state index in [0.29, 0.717) is 6.54 Å². The Morgan fingerprint density at radius 3 is 2.67 bits per heavy atom. The third kappa shape index (κ3) is 5.05. The fraction of sp³-hybridized carbons (Fsp3) is 0.280. The van der Waals surface area contributed by atoms with Gasteiger partial charge in [0.1, 0.15) is 11.5 Å². The van der Waals surface area contributed by atoms with Crippen molar-refractivity contribution >= 4 is 5.91 Å². The second-order valence-corrected chi connectivity index (χ2v) is 8.09. The van der Waals surface area contributed by atoms with Gasteiger partial charge in [-0.3, -0.25) is 14.7 Å². The van der Waals surface area contributed by atoms with Crippen molar-refractivity contribution in [1.82, 2.24) is 15.2 Å². The van der Waals surface area contributed by atoms with Crippen molar-refractivity contribution in [2.75, 3.05) is 13.1 Å². The number of para-hydroxylation sites is 1. The smallest absolute Gasteiger partial charge is 0.227 e. The summed E-state index contributed by atoms with van der Waals surface area (Å²) in [6, 6.07) is 23.7. The molecule has 4 rings (SSSR count). The van der Waals surface area contributed by atoms with Crippen molar-refractivity contribution < 1.29 is 9.53 Å². The lowest BCUT2D eigenvalue weighted by Crippen LogP contribution is -2.40. The van der Waals surface area contributed by atoms with Crippen LogP contribution in [0.1, 0.15) is 24.6 Å². The van der Waals surface area contributed by atoms with Crippen LogP contribution < -0.4 is 10.1 Å². The van der Waals surface area contributed by atoms with Gasteiger partial charge in [-0.25, -0.2) is 0 Å². The normalized spacial score (nSPS) is 18.8. The van der Waals surface area contributed by atoms with Gasteiger partial charge in [-0.2, -0.15) is 0 Å². The number of likely N-dealkylation sites (tertiary alicyclic amines) is 1. The average Bonchev–Trinajstić information content (AvgIpc) is 3.15. The molecule has 5 nitrogen and oxygen atoms in total. The van der Waals surface area contributed by atoms with Gasteiger partial charge in [-0.05, 0) is 61.9 Å². The Morgan fingerprint density at radius 2 is 1.87 bits per heavy atom. The molecule has 2 heterocycles. The van der Waals surface area contributed by atoms with Crippen LogP contribution in [0.4, 0.5) is 0 Å². The molecule has 1 aliphatic rings. The third-order valence-corrected chi connectivity index (χ3v) is 5.54. The van der Waals surface area contributed by atoms with Crippen LogP contribution in [-0.4, -0.2) is 28.9 Å². The fourth-order valence-electron chi connectivity index (χ4n) is 3.85. The molecule has 1 aromatic heterocycles. The number of nitrogens with zero attached hydrogens (tertiary/aromatic N) is 2. The Kier molecular flexibility index (Phi) is 6.10. The average molecular weight is 402 g/mol. The van der Waals surface area contributed by atoms with Crippen molar-refractivity contribution in [2.24, 2.45) is 5.41 Å². The Bertz CT molecular complexity index is 978. The monoisotopic (exact) mass is 401 g/mol. The van der Waals surface area contributed by atoms with Gasteiger partial charge in [0.05, 0.1) is 17.7 Å². The molecule has 0 bridgehead atoms. The quantitative estimate of drug-likeness (QED) is 0.637. The topological polar surface area (TPSA) is 54.5 Å². The molecule has 5 heteroatoms. The summed E-state index contributed by atoms with van der Waals surface area (Å²) in [5.41, 5.74) is 1.67. The SMILES string of the molecule is C[C@]1(C(=O)NCc2ccccn2)CCN(Cc2cccc(Oc3ccccc3)c2)C1. The number of pyridine rings is 1. The van der Waals surface area contributed by atoms with Gasteiger partial charge in [0, 0.05) is 19.3 Å². The van der Waals surface area contributed by atoms with Gasteiger partial charge in [0.15, 0.2) is 0 Å². The molecule has 3 aromatic rings. The minimum atomic E-state index is -0.382. The highest BCUT2D eigenvalue weighted by Crippen LogP contribution is 2.32. The molecular weight excluding hydrogens is 374 g/mol. The zero-order valence-corrected chi connectivity index (χ0v) is 17.3. The predicted molar refractivity (Wildman–Crippen MR) is 117 cm³/mol. The summed E-state index contributed by atoms with van der Waals surface area (Å²) in [7, 11) is 0. The molecule has 1 amide bonds. The van der Waals surface area contributed by atoms with Crippen molar-refractivity contribution in [2.45, 2.75) is 26.4 Å². The number of carbonyl (C=O) groups is 1. The highest BCUT2D eigenvalue weighted by Gasteiger charge is 2.40. The highest BCUT2D eigenvalue weighted by atomic mass is 16.5. The van der Waals surface area contributed by atoms with Crippen LogP contribution in [-0.2, 0) is 17.9 Å². The van der Waals surface area contributed by atoms with Crippen molar-refractivity contribution in [3.63, 3.8) is 0 Å². The first-order valence-electron chi connectivity index (χ1n) is 10.3.